The van der Waals surface area contributed by atoms with E-state index < -0.39 is 27.3 Å². The molecule has 9 heteroatoms. The van der Waals surface area contributed by atoms with Crippen molar-refractivity contribution < 1.29 is 14.6 Å². The second kappa shape index (κ2) is 4.88. The minimum atomic E-state index is -0.776. The average Bonchev–Trinajstić information content (AvgIpc) is 2.28. The number of carbonyl (C=O) groups is 1. The van der Waals surface area contributed by atoms with Crippen LogP contribution in [0.25, 0.3) is 0 Å². The third kappa shape index (κ3) is 3.12. The summed E-state index contributed by atoms with van der Waals surface area (Å²) in [5.74, 6) is 0. The van der Waals surface area contributed by atoms with Crippen LogP contribution < -0.4 is 10.6 Å². The number of carbonyl (C=O) groups excluding carboxylic acids is 1. The summed E-state index contributed by atoms with van der Waals surface area (Å²) >= 11 is 0. The molecule has 0 aliphatic heterocycles. The summed E-state index contributed by atoms with van der Waals surface area (Å²) in [5.41, 5.74) is -0.957. The number of anilines is 1. The molecule has 1 aromatic rings. The molecule has 0 aliphatic rings. The Bertz CT molecular complexity index is 455. The van der Waals surface area contributed by atoms with Crippen molar-refractivity contribution in [3.05, 3.63) is 38.4 Å². The van der Waals surface area contributed by atoms with Crippen LogP contribution in [0.15, 0.2) is 18.2 Å². The summed E-state index contributed by atoms with van der Waals surface area (Å²) in [6.45, 7) is 0. The minimum absolute atomic E-state index is 0.0229. The number of rotatable bonds is 3. The second-order valence-corrected chi connectivity index (χ2v) is 2.96. The first-order valence-corrected chi connectivity index (χ1v) is 4.36. The normalized spacial score (nSPS) is 9.47. The van der Waals surface area contributed by atoms with Gasteiger partial charge in [-0.05, 0) is 0 Å². The SMILES string of the molecule is CNC(=O)Nc1cc([N+](=O)[O-])cc([N+](=O)[O-])c1. The molecular formula is C8H8N4O5. The van der Waals surface area contributed by atoms with Crippen molar-refractivity contribution >= 4 is 23.1 Å². The van der Waals surface area contributed by atoms with Crippen molar-refractivity contribution in [1.29, 1.82) is 0 Å². The number of nitrogens with one attached hydrogen (secondary N) is 2. The quantitative estimate of drug-likeness (QED) is 0.607. The zero-order valence-corrected chi connectivity index (χ0v) is 8.67. The third-order valence-electron chi connectivity index (χ3n) is 1.81. The lowest BCUT2D eigenvalue weighted by atomic mass is 10.2. The fourth-order valence-corrected chi connectivity index (χ4v) is 1.07. The first-order chi connectivity index (χ1) is 7.93. The minimum Gasteiger partial charge on any atom is -0.341 e. The number of non-ortho nitro benzene ring substituents is 2. The number of nitro groups is 2. The van der Waals surface area contributed by atoms with Crippen molar-refractivity contribution in [2.45, 2.75) is 0 Å². The second-order valence-electron chi connectivity index (χ2n) is 2.96. The highest BCUT2D eigenvalue weighted by atomic mass is 16.6. The zero-order chi connectivity index (χ0) is 13.0. The molecule has 0 heterocycles. The molecule has 0 radical (unpaired) electrons. The molecule has 1 aromatic carbocycles. The molecule has 0 bridgehead atoms. The van der Waals surface area contributed by atoms with Gasteiger partial charge >= 0.3 is 6.03 Å². The van der Waals surface area contributed by atoms with E-state index in [0.29, 0.717) is 0 Å². The Morgan fingerprint density at radius 1 is 1.12 bits per heavy atom. The van der Waals surface area contributed by atoms with Gasteiger partial charge in [0.15, 0.2) is 0 Å². The first-order valence-electron chi connectivity index (χ1n) is 4.36. The van der Waals surface area contributed by atoms with Gasteiger partial charge in [0, 0.05) is 19.2 Å². The van der Waals surface area contributed by atoms with Gasteiger partial charge in [0.2, 0.25) is 0 Å². The van der Waals surface area contributed by atoms with Crippen LogP contribution in [-0.4, -0.2) is 22.9 Å². The lowest BCUT2D eigenvalue weighted by Gasteiger charge is -2.03. The fraction of sp³-hybridized carbons (Fsp3) is 0.125. The Morgan fingerprint density at radius 2 is 1.59 bits per heavy atom. The van der Waals surface area contributed by atoms with E-state index in [1.807, 2.05) is 0 Å². The van der Waals surface area contributed by atoms with E-state index in [4.69, 9.17) is 0 Å². The molecule has 1 rings (SSSR count). The molecule has 0 saturated carbocycles. The van der Waals surface area contributed by atoms with E-state index >= 15 is 0 Å². The highest BCUT2D eigenvalue weighted by Crippen LogP contribution is 2.25. The highest BCUT2D eigenvalue weighted by Gasteiger charge is 2.17. The Labute approximate surface area is 94.7 Å². The Kier molecular flexibility index (Phi) is 3.55. The molecule has 9 nitrogen and oxygen atoms in total. The number of nitrogens with zero attached hydrogens (tertiary/aromatic N) is 2. The average molecular weight is 240 g/mol. The molecule has 17 heavy (non-hydrogen) atoms. The molecule has 0 spiro atoms. The van der Waals surface area contributed by atoms with Crippen LogP contribution in [0.2, 0.25) is 0 Å². The van der Waals surface area contributed by atoms with Crippen LogP contribution in [0.4, 0.5) is 21.9 Å². The largest absolute Gasteiger partial charge is 0.341 e. The van der Waals surface area contributed by atoms with Crippen LogP contribution in [0.5, 0.6) is 0 Å². The molecule has 0 aromatic heterocycles. The number of hydrogen-bond acceptors (Lipinski definition) is 5. The van der Waals surface area contributed by atoms with Crippen LogP contribution in [-0.2, 0) is 0 Å². The maximum atomic E-state index is 11.0. The number of benzene rings is 1. The van der Waals surface area contributed by atoms with E-state index in [0.717, 1.165) is 18.2 Å². The van der Waals surface area contributed by atoms with Gasteiger partial charge in [-0.25, -0.2) is 4.79 Å². The maximum absolute atomic E-state index is 11.0. The predicted molar refractivity (Wildman–Crippen MR) is 57.8 cm³/mol. The first kappa shape index (κ1) is 12.4. The van der Waals surface area contributed by atoms with Gasteiger partial charge in [-0.1, -0.05) is 0 Å². The van der Waals surface area contributed by atoms with Crippen LogP contribution >= 0.6 is 0 Å². The Balaban J connectivity index is 3.16. The molecule has 0 unspecified atom stereocenters. The molecule has 2 amide bonds. The lowest BCUT2D eigenvalue weighted by Crippen LogP contribution is -2.24. The number of amides is 2. The molecule has 0 saturated heterocycles. The van der Waals surface area contributed by atoms with Crippen LogP contribution in [0.1, 0.15) is 0 Å². The van der Waals surface area contributed by atoms with Gasteiger partial charge in [-0.2, -0.15) is 0 Å². The molecular weight excluding hydrogens is 232 g/mol. The summed E-state index contributed by atoms with van der Waals surface area (Å²) < 4.78 is 0. The van der Waals surface area contributed by atoms with E-state index in [9.17, 15) is 25.0 Å². The zero-order valence-electron chi connectivity index (χ0n) is 8.67. The van der Waals surface area contributed by atoms with Gasteiger partial charge < -0.3 is 10.6 Å². The number of urea groups is 1. The Hall–Kier alpha value is -2.71. The summed E-state index contributed by atoms with van der Waals surface area (Å²) in [6.07, 6.45) is 0. The molecule has 0 atom stereocenters. The van der Waals surface area contributed by atoms with E-state index in [-0.39, 0.29) is 5.69 Å². The van der Waals surface area contributed by atoms with Crippen LogP contribution in [0, 0.1) is 20.2 Å². The summed E-state index contributed by atoms with van der Waals surface area (Å²) in [7, 11) is 1.35. The highest BCUT2D eigenvalue weighted by molar-refractivity contribution is 5.89. The van der Waals surface area contributed by atoms with Crippen molar-refractivity contribution in [3.8, 4) is 0 Å². The van der Waals surface area contributed by atoms with E-state index in [2.05, 4.69) is 10.6 Å². The van der Waals surface area contributed by atoms with Crippen molar-refractivity contribution in [1.82, 2.24) is 5.32 Å². The predicted octanol–water partition coefficient (Wildman–Crippen LogP) is 1.25. The van der Waals surface area contributed by atoms with Crippen LogP contribution in [0.3, 0.4) is 0 Å². The Morgan fingerprint density at radius 3 is 1.94 bits per heavy atom. The fourth-order valence-electron chi connectivity index (χ4n) is 1.07. The summed E-state index contributed by atoms with van der Waals surface area (Å²) in [5, 5.41) is 25.5. The number of nitro benzene ring substituents is 2. The summed E-state index contributed by atoms with van der Waals surface area (Å²) in [6, 6.07) is 2.25. The van der Waals surface area contributed by atoms with Gasteiger partial charge in [0.05, 0.1) is 21.6 Å². The van der Waals surface area contributed by atoms with E-state index in [1.165, 1.54) is 7.05 Å². The standard InChI is InChI=1S/C8H8N4O5/c1-9-8(13)10-5-2-6(11(14)15)4-7(3-5)12(16)17/h2-4H,1H3,(H2,9,10,13). The van der Waals surface area contributed by atoms with E-state index in [1.54, 1.807) is 0 Å². The molecule has 0 fully saturated rings. The maximum Gasteiger partial charge on any atom is 0.318 e. The van der Waals surface area contributed by atoms with Gasteiger partial charge in [-0.15, -0.1) is 0 Å². The van der Waals surface area contributed by atoms with Gasteiger partial charge in [0.1, 0.15) is 0 Å². The summed E-state index contributed by atoms with van der Waals surface area (Å²) in [4.78, 5) is 30.5. The van der Waals surface area contributed by atoms with Gasteiger partial charge in [0.25, 0.3) is 11.4 Å². The molecule has 2 N–H and O–H groups in total. The smallest absolute Gasteiger partial charge is 0.318 e. The molecule has 0 aliphatic carbocycles. The monoisotopic (exact) mass is 240 g/mol. The lowest BCUT2D eigenvalue weighted by molar-refractivity contribution is -0.394. The topological polar surface area (TPSA) is 127 Å². The van der Waals surface area contributed by atoms with Crippen molar-refractivity contribution in [2.24, 2.45) is 0 Å². The third-order valence-corrected chi connectivity index (χ3v) is 1.81. The molecule has 90 valence electrons. The van der Waals surface area contributed by atoms with Crippen molar-refractivity contribution in [3.63, 3.8) is 0 Å². The van der Waals surface area contributed by atoms with Gasteiger partial charge in [-0.3, -0.25) is 20.2 Å². The number of hydrogen-bond donors (Lipinski definition) is 2. The van der Waals surface area contributed by atoms with Crippen molar-refractivity contribution in [2.75, 3.05) is 12.4 Å².